The highest BCUT2D eigenvalue weighted by Crippen LogP contribution is 2.40. The minimum Gasteiger partial charge on any atom is -0.370 e. The van der Waals surface area contributed by atoms with Crippen LogP contribution in [0.2, 0.25) is 0 Å². The van der Waals surface area contributed by atoms with Crippen LogP contribution in [-0.4, -0.2) is 48.1 Å². The molecule has 8 heteroatoms. The lowest BCUT2D eigenvalue weighted by Gasteiger charge is -2.39. The first kappa shape index (κ1) is 20.2. The summed E-state index contributed by atoms with van der Waals surface area (Å²) in [6.45, 7) is 1.64. The summed E-state index contributed by atoms with van der Waals surface area (Å²) < 4.78 is 46.8. The molecule has 2 aliphatic heterocycles. The van der Waals surface area contributed by atoms with E-state index in [1.165, 1.54) is 0 Å². The van der Waals surface area contributed by atoms with Crippen molar-refractivity contribution in [3.63, 3.8) is 0 Å². The lowest BCUT2D eigenvalue weighted by Crippen LogP contribution is -2.47. The molecular formula is C21H25F3N2O3. The van der Waals surface area contributed by atoms with Crippen LogP contribution in [0.15, 0.2) is 12.1 Å². The number of piperidine rings is 1. The summed E-state index contributed by atoms with van der Waals surface area (Å²) in [4.78, 5) is 26.2. The summed E-state index contributed by atoms with van der Waals surface area (Å²) in [6, 6.07) is 1.51. The molecule has 1 N–H and O–H groups in total. The number of nitrogens with one attached hydrogen (secondary N) is 1. The van der Waals surface area contributed by atoms with Crippen LogP contribution in [0.1, 0.15) is 44.1 Å². The maximum Gasteiger partial charge on any atom is 0.225 e. The van der Waals surface area contributed by atoms with Crippen molar-refractivity contribution in [1.82, 2.24) is 10.2 Å². The summed E-state index contributed by atoms with van der Waals surface area (Å²) in [7, 11) is 0. The zero-order valence-corrected chi connectivity index (χ0v) is 16.2. The molecule has 1 atom stereocenters. The topological polar surface area (TPSA) is 58.6 Å². The number of ether oxygens (including phenoxy) is 1. The normalized spacial score (nSPS) is 23.4. The van der Waals surface area contributed by atoms with Crippen LogP contribution in [0.3, 0.4) is 0 Å². The highest BCUT2D eigenvalue weighted by atomic mass is 19.2. The molecule has 158 valence electrons. The fourth-order valence-electron chi connectivity index (χ4n) is 4.31. The monoisotopic (exact) mass is 410 g/mol. The number of halogens is 3. The first-order chi connectivity index (χ1) is 13.9. The van der Waals surface area contributed by atoms with Crippen LogP contribution in [0, 0.1) is 23.4 Å². The molecule has 4 rings (SSSR count). The van der Waals surface area contributed by atoms with Gasteiger partial charge in [0.2, 0.25) is 11.8 Å². The van der Waals surface area contributed by atoms with E-state index >= 15 is 0 Å². The van der Waals surface area contributed by atoms with E-state index in [0.29, 0.717) is 19.2 Å². The van der Waals surface area contributed by atoms with Gasteiger partial charge in [0.25, 0.3) is 0 Å². The Hall–Kier alpha value is -2.09. The molecule has 1 unspecified atom stereocenters. The molecule has 0 bridgehead atoms. The summed E-state index contributed by atoms with van der Waals surface area (Å²) in [5, 5.41) is 2.63. The minimum absolute atomic E-state index is 0.174. The molecule has 2 heterocycles. The molecule has 1 saturated carbocycles. The molecule has 29 heavy (non-hydrogen) atoms. The zero-order chi connectivity index (χ0) is 20.6. The molecule has 1 aromatic rings. The molecular weight excluding hydrogens is 385 g/mol. The van der Waals surface area contributed by atoms with Gasteiger partial charge in [-0.1, -0.05) is 0 Å². The summed E-state index contributed by atoms with van der Waals surface area (Å²) in [5.41, 5.74) is -0.824. The van der Waals surface area contributed by atoms with E-state index in [1.54, 1.807) is 0 Å². The third-order valence-electron chi connectivity index (χ3n) is 6.25. The number of hydrogen-bond acceptors (Lipinski definition) is 3. The third-order valence-corrected chi connectivity index (χ3v) is 6.25. The fourth-order valence-corrected chi connectivity index (χ4v) is 4.31. The number of hydrogen-bond donors (Lipinski definition) is 1. The second-order valence-electron chi connectivity index (χ2n) is 8.36. The smallest absolute Gasteiger partial charge is 0.225 e. The Balaban J connectivity index is 1.24. The second-order valence-corrected chi connectivity index (χ2v) is 8.36. The van der Waals surface area contributed by atoms with E-state index in [-0.39, 0.29) is 30.1 Å². The van der Waals surface area contributed by atoms with Crippen molar-refractivity contribution in [2.24, 2.45) is 5.92 Å². The van der Waals surface area contributed by atoms with Crippen LogP contribution in [0.4, 0.5) is 13.2 Å². The molecule has 2 saturated heterocycles. The number of amides is 2. The number of rotatable bonds is 5. The number of nitrogens with zero attached hydrogens (tertiary/aromatic N) is 1. The number of carbonyl (C=O) groups excluding carboxylic acids is 2. The molecule has 2 amide bonds. The molecule has 0 aromatic heterocycles. The van der Waals surface area contributed by atoms with Crippen molar-refractivity contribution in [3.8, 4) is 0 Å². The van der Waals surface area contributed by atoms with Gasteiger partial charge >= 0.3 is 0 Å². The lowest BCUT2D eigenvalue weighted by molar-refractivity contribution is -0.139. The molecule has 1 spiro atoms. The Morgan fingerprint density at radius 2 is 1.76 bits per heavy atom. The van der Waals surface area contributed by atoms with Gasteiger partial charge in [0.05, 0.1) is 18.1 Å². The Labute approximate surface area is 167 Å². The first-order valence-electron chi connectivity index (χ1n) is 10.2. The van der Waals surface area contributed by atoms with Gasteiger partial charge in [-0.25, -0.2) is 13.2 Å². The zero-order valence-electron chi connectivity index (χ0n) is 16.2. The van der Waals surface area contributed by atoms with Crippen LogP contribution in [0.5, 0.6) is 0 Å². The number of likely N-dealkylation sites (tertiary alicyclic amines) is 1. The van der Waals surface area contributed by atoms with Crippen molar-refractivity contribution < 1.29 is 27.5 Å². The van der Waals surface area contributed by atoms with Gasteiger partial charge < -0.3 is 15.0 Å². The van der Waals surface area contributed by atoms with Crippen molar-refractivity contribution in [2.75, 3.05) is 19.6 Å². The Morgan fingerprint density at radius 3 is 2.45 bits per heavy atom. The van der Waals surface area contributed by atoms with E-state index in [0.717, 1.165) is 44.6 Å². The average Bonchev–Trinajstić information content (AvgIpc) is 3.49. The van der Waals surface area contributed by atoms with Crippen molar-refractivity contribution in [2.45, 2.75) is 56.7 Å². The summed E-state index contributed by atoms with van der Waals surface area (Å²) >= 11 is 0. The molecule has 0 radical (unpaired) electrons. The van der Waals surface area contributed by atoms with Gasteiger partial charge in [0, 0.05) is 31.1 Å². The maximum atomic E-state index is 13.7. The highest BCUT2D eigenvalue weighted by Gasteiger charge is 2.44. The second kappa shape index (κ2) is 7.97. The van der Waals surface area contributed by atoms with Crippen LogP contribution in [0.25, 0.3) is 0 Å². The van der Waals surface area contributed by atoms with Crippen LogP contribution < -0.4 is 5.32 Å². The average molecular weight is 410 g/mol. The summed E-state index contributed by atoms with van der Waals surface area (Å²) in [6.07, 6.45) is 4.49. The summed E-state index contributed by atoms with van der Waals surface area (Å²) in [5.74, 6) is -3.54. The molecule has 5 nitrogen and oxygen atoms in total. The SMILES string of the molecule is O=C(Cc1c(F)ccc(F)c1F)NCC1CCC2(CCN(C(=O)C3CC3)CC2)O1. The quantitative estimate of drug-likeness (QED) is 0.760. The van der Waals surface area contributed by atoms with E-state index in [2.05, 4.69) is 5.32 Å². The van der Waals surface area contributed by atoms with Gasteiger partial charge in [-0.05, 0) is 50.7 Å². The predicted octanol–water partition coefficient (Wildman–Crippen LogP) is 2.71. The Morgan fingerprint density at radius 1 is 1.07 bits per heavy atom. The van der Waals surface area contributed by atoms with E-state index in [4.69, 9.17) is 4.74 Å². The fraction of sp³-hybridized carbons (Fsp3) is 0.619. The van der Waals surface area contributed by atoms with Crippen molar-refractivity contribution >= 4 is 11.8 Å². The van der Waals surface area contributed by atoms with Gasteiger partial charge in [-0.2, -0.15) is 0 Å². The van der Waals surface area contributed by atoms with E-state index < -0.39 is 35.3 Å². The predicted molar refractivity (Wildman–Crippen MR) is 98.4 cm³/mol. The van der Waals surface area contributed by atoms with E-state index in [1.807, 2.05) is 4.90 Å². The standard InChI is InChI=1S/C21H25F3N2O3/c22-16-3-4-17(23)19(24)15(16)11-18(27)25-12-14-5-6-21(29-14)7-9-26(10-8-21)20(28)13-1-2-13/h3-4,13-14H,1-2,5-12H2,(H,25,27). The van der Waals surface area contributed by atoms with E-state index in [9.17, 15) is 22.8 Å². The Kier molecular flexibility index (Phi) is 5.55. The highest BCUT2D eigenvalue weighted by molar-refractivity contribution is 5.81. The molecule has 3 fully saturated rings. The molecule has 1 aliphatic carbocycles. The van der Waals surface area contributed by atoms with Crippen LogP contribution in [-0.2, 0) is 20.7 Å². The molecule has 3 aliphatic rings. The van der Waals surface area contributed by atoms with Crippen molar-refractivity contribution in [1.29, 1.82) is 0 Å². The minimum atomic E-state index is -1.33. The van der Waals surface area contributed by atoms with Gasteiger partial charge in [0.15, 0.2) is 11.6 Å². The van der Waals surface area contributed by atoms with Crippen LogP contribution >= 0.6 is 0 Å². The largest absolute Gasteiger partial charge is 0.370 e. The van der Waals surface area contributed by atoms with Crippen molar-refractivity contribution in [3.05, 3.63) is 35.1 Å². The van der Waals surface area contributed by atoms with Gasteiger partial charge in [-0.15, -0.1) is 0 Å². The maximum absolute atomic E-state index is 13.7. The van der Waals surface area contributed by atoms with Gasteiger partial charge in [-0.3, -0.25) is 9.59 Å². The lowest BCUT2D eigenvalue weighted by atomic mass is 9.88. The third kappa shape index (κ3) is 4.42. The first-order valence-corrected chi connectivity index (χ1v) is 10.2. The Bertz CT molecular complexity index is 805. The number of carbonyl (C=O) groups is 2. The molecule has 1 aromatic carbocycles. The number of benzene rings is 1. The van der Waals surface area contributed by atoms with Gasteiger partial charge in [0.1, 0.15) is 5.82 Å².